The van der Waals surface area contributed by atoms with Crippen LogP contribution < -0.4 is 5.32 Å². The Morgan fingerprint density at radius 3 is 2.59 bits per heavy atom. The molecule has 0 aromatic heterocycles. The molecule has 138 valence electrons. The number of halogens is 1. The number of hydrogen-bond donors (Lipinski definition) is 1. The topological polar surface area (TPSA) is 46.2 Å². The van der Waals surface area contributed by atoms with Crippen molar-refractivity contribution in [2.45, 2.75) is 26.7 Å². The summed E-state index contributed by atoms with van der Waals surface area (Å²) in [4.78, 5) is 24.3. The Kier molecular flexibility index (Phi) is 5.92. The van der Waals surface area contributed by atoms with Crippen LogP contribution in [0.1, 0.15) is 34.8 Å². The van der Waals surface area contributed by atoms with Gasteiger partial charge in [0.25, 0.3) is 0 Å². The third kappa shape index (κ3) is 4.55. The number of nitrogens with one attached hydrogen (secondary N) is 1. The molecule has 3 nitrogen and oxygen atoms in total. The van der Waals surface area contributed by atoms with Gasteiger partial charge in [-0.05, 0) is 47.7 Å². The van der Waals surface area contributed by atoms with E-state index in [1.807, 2.05) is 56.3 Å². The molecule has 0 heterocycles. The van der Waals surface area contributed by atoms with Crippen molar-refractivity contribution < 1.29 is 9.59 Å². The van der Waals surface area contributed by atoms with Crippen LogP contribution in [-0.2, 0) is 11.2 Å². The molecule has 0 fully saturated rings. The van der Waals surface area contributed by atoms with E-state index in [2.05, 4.69) is 5.32 Å². The molecule has 0 aliphatic carbocycles. The number of carbonyl (C=O) groups excluding carboxylic acids is 2. The van der Waals surface area contributed by atoms with E-state index in [1.54, 1.807) is 12.1 Å². The predicted molar refractivity (Wildman–Crippen MR) is 112 cm³/mol. The van der Waals surface area contributed by atoms with Gasteiger partial charge in [0.15, 0.2) is 11.6 Å². The van der Waals surface area contributed by atoms with Crippen molar-refractivity contribution in [3.05, 3.63) is 76.3 Å². The highest BCUT2D eigenvalue weighted by atomic mass is 35.5. The first-order valence-electron chi connectivity index (χ1n) is 9.04. The zero-order valence-corrected chi connectivity index (χ0v) is 16.3. The van der Waals surface area contributed by atoms with Gasteiger partial charge in [0.05, 0.1) is 6.54 Å². The molecule has 0 amide bonds. The fourth-order valence-corrected chi connectivity index (χ4v) is 3.35. The van der Waals surface area contributed by atoms with Crippen LogP contribution in [0, 0.1) is 6.92 Å². The highest BCUT2D eigenvalue weighted by molar-refractivity contribution is 6.35. The lowest BCUT2D eigenvalue weighted by Gasteiger charge is -2.10. The molecular formula is C23H22ClNO2. The number of rotatable bonds is 7. The fourth-order valence-electron chi connectivity index (χ4n) is 3.12. The van der Waals surface area contributed by atoms with E-state index in [0.29, 0.717) is 18.4 Å². The van der Waals surface area contributed by atoms with Gasteiger partial charge in [-0.2, -0.15) is 0 Å². The zero-order valence-electron chi connectivity index (χ0n) is 15.5. The van der Waals surface area contributed by atoms with Crippen molar-refractivity contribution in [1.29, 1.82) is 0 Å². The molecular weight excluding hydrogens is 358 g/mol. The van der Waals surface area contributed by atoms with Gasteiger partial charge in [0.1, 0.15) is 0 Å². The lowest BCUT2D eigenvalue weighted by Crippen LogP contribution is -2.16. The van der Waals surface area contributed by atoms with Crippen LogP contribution in [0.3, 0.4) is 0 Å². The van der Waals surface area contributed by atoms with E-state index in [4.69, 9.17) is 11.6 Å². The van der Waals surface area contributed by atoms with Crippen molar-refractivity contribution in [2.75, 3.05) is 11.9 Å². The molecule has 0 saturated carbocycles. The van der Waals surface area contributed by atoms with E-state index < -0.39 is 0 Å². The van der Waals surface area contributed by atoms with Crippen LogP contribution in [0.2, 0.25) is 5.02 Å². The summed E-state index contributed by atoms with van der Waals surface area (Å²) in [6.07, 6.45) is 0.822. The summed E-state index contributed by atoms with van der Waals surface area (Å²) in [6.45, 7) is 4.06. The molecule has 3 aromatic rings. The number of aryl methyl sites for hydroxylation is 1. The normalized spacial score (nSPS) is 10.8. The summed E-state index contributed by atoms with van der Waals surface area (Å²) in [5.41, 5.74) is 3.51. The number of anilines is 1. The summed E-state index contributed by atoms with van der Waals surface area (Å²) in [5, 5.41) is 5.89. The van der Waals surface area contributed by atoms with Gasteiger partial charge in [0, 0.05) is 34.5 Å². The van der Waals surface area contributed by atoms with Crippen LogP contribution in [0.15, 0.2) is 54.6 Å². The molecule has 27 heavy (non-hydrogen) atoms. The van der Waals surface area contributed by atoms with E-state index >= 15 is 0 Å². The third-order valence-electron chi connectivity index (χ3n) is 4.67. The average molecular weight is 380 g/mol. The monoisotopic (exact) mass is 379 g/mol. The molecule has 0 bridgehead atoms. The summed E-state index contributed by atoms with van der Waals surface area (Å²) in [6, 6.07) is 17.1. The van der Waals surface area contributed by atoms with Gasteiger partial charge in [-0.15, -0.1) is 0 Å². The number of Topliss-reactive ketones (excluding diaryl/α,β-unsaturated/α-hetero) is 2. The average Bonchev–Trinajstić information content (AvgIpc) is 2.67. The summed E-state index contributed by atoms with van der Waals surface area (Å²) in [5.74, 6) is 0.183. The Hall–Kier alpha value is -2.65. The quantitative estimate of drug-likeness (QED) is 0.542. The van der Waals surface area contributed by atoms with Crippen molar-refractivity contribution in [2.24, 2.45) is 0 Å². The summed E-state index contributed by atoms with van der Waals surface area (Å²) < 4.78 is 0. The molecule has 0 saturated heterocycles. The maximum absolute atomic E-state index is 12.5. The summed E-state index contributed by atoms with van der Waals surface area (Å²) in [7, 11) is 0. The lowest BCUT2D eigenvalue weighted by atomic mass is 9.98. The molecule has 0 aliphatic heterocycles. The number of ketones is 2. The minimum Gasteiger partial charge on any atom is -0.378 e. The fraction of sp³-hybridized carbons (Fsp3) is 0.217. The van der Waals surface area contributed by atoms with Crippen LogP contribution in [0.4, 0.5) is 5.69 Å². The minimum absolute atomic E-state index is 0.0895. The Morgan fingerprint density at radius 2 is 1.81 bits per heavy atom. The number of carbonyl (C=O) groups is 2. The second-order valence-electron chi connectivity index (χ2n) is 6.67. The number of hydrogen-bond acceptors (Lipinski definition) is 3. The minimum atomic E-state index is 0.0895. The van der Waals surface area contributed by atoms with Crippen molar-refractivity contribution in [3.63, 3.8) is 0 Å². The van der Waals surface area contributed by atoms with E-state index in [0.717, 1.165) is 32.6 Å². The Morgan fingerprint density at radius 1 is 1.04 bits per heavy atom. The molecule has 3 rings (SSSR count). The molecule has 0 radical (unpaired) electrons. The predicted octanol–water partition coefficient (Wildman–Crippen LogP) is 5.62. The maximum atomic E-state index is 12.5. The van der Waals surface area contributed by atoms with E-state index in [1.165, 1.54) is 0 Å². The maximum Gasteiger partial charge on any atom is 0.162 e. The van der Waals surface area contributed by atoms with Gasteiger partial charge in [0.2, 0.25) is 0 Å². The molecule has 4 heteroatoms. The standard InChI is InChI=1S/C23H22ClNO2/c1-3-23(27)17-7-4-8-19(12-17)25-14-20(26)13-18-11-16-6-5-9-22(24)21(16)10-15(18)2/h4-12,25H,3,13-14H2,1-2H3. The second kappa shape index (κ2) is 8.36. The first kappa shape index (κ1) is 19.1. The van der Waals surface area contributed by atoms with Crippen molar-refractivity contribution >= 4 is 39.6 Å². The van der Waals surface area contributed by atoms with Crippen molar-refractivity contribution in [3.8, 4) is 0 Å². The first-order valence-corrected chi connectivity index (χ1v) is 9.42. The van der Waals surface area contributed by atoms with Gasteiger partial charge >= 0.3 is 0 Å². The smallest absolute Gasteiger partial charge is 0.162 e. The van der Waals surface area contributed by atoms with Crippen LogP contribution >= 0.6 is 11.6 Å². The molecule has 1 N–H and O–H groups in total. The molecule has 0 aliphatic rings. The molecule has 0 spiro atoms. The highest BCUT2D eigenvalue weighted by Gasteiger charge is 2.10. The van der Waals surface area contributed by atoms with E-state index in [9.17, 15) is 9.59 Å². The number of benzene rings is 3. The van der Waals surface area contributed by atoms with Gasteiger partial charge < -0.3 is 5.32 Å². The first-order chi connectivity index (χ1) is 13.0. The Bertz CT molecular complexity index is 1010. The Labute approximate surface area is 164 Å². The van der Waals surface area contributed by atoms with Crippen LogP contribution in [0.25, 0.3) is 10.8 Å². The molecule has 3 aromatic carbocycles. The second-order valence-corrected chi connectivity index (χ2v) is 7.07. The van der Waals surface area contributed by atoms with E-state index in [-0.39, 0.29) is 18.1 Å². The van der Waals surface area contributed by atoms with Gasteiger partial charge in [-0.25, -0.2) is 0 Å². The number of fused-ring (bicyclic) bond motifs is 1. The largest absolute Gasteiger partial charge is 0.378 e. The van der Waals surface area contributed by atoms with Gasteiger partial charge in [-0.3, -0.25) is 9.59 Å². The van der Waals surface area contributed by atoms with Gasteiger partial charge in [-0.1, -0.05) is 48.9 Å². The lowest BCUT2D eigenvalue weighted by molar-refractivity contribution is -0.116. The Balaban J connectivity index is 1.69. The zero-order chi connectivity index (χ0) is 19.4. The van der Waals surface area contributed by atoms with Crippen molar-refractivity contribution in [1.82, 2.24) is 0 Å². The summed E-state index contributed by atoms with van der Waals surface area (Å²) >= 11 is 6.25. The molecule has 0 atom stereocenters. The van der Waals surface area contributed by atoms with Crippen LogP contribution in [0.5, 0.6) is 0 Å². The third-order valence-corrected chi connectivity index (χ3v) is 5.00. The molecule has 0 unspecified atom stereocenters. The highest BCUT2D eigenvalue weighted by Crippen LogP contribution is 2.26. The SMILES string of the molecule is CCC(=O)c1cccc(NCC(=O)Cc2cc3cccc(Cl)c3cc2C)c1. The van der Waals surface area contributed by atoms with Crippen LogP contribution in [-0.4, -0.2) is 18.1 Å².